The Kier molecular flexibility index (Phi) is 7.30. The molecule has 0 bridgehead atoms. The summed E-state index contributed by atoms with van der Waals surface area (Å²) in [6.45, 7) is 2.83. The lowest BCUT2D eigenvalue weighted by atomic mass is 10.1. The van der Waals surface area contributed by atoms with Crippen molar-refractivity contribution in [1.82, 2.24) is 9.47 Å². The molecule has 37 heavy (non-hydrogen) atoms. The van der Waals surface area contributed by atoms with Gasteiger partial charge in [0, 0.05) is 32.7 Å². The van der Waals surface area contributed by atoms with Crippen LogP contribution in [-0.4, -0.2) is 39.5 Å². The Morgan fingerprint density at radius 2 is 1.78 bits per heavy atom. The van der Waals surface area contributed by atoms with E-state index in [1.165, 1.54) is 5.56 Å². The quantitative estimate of drug-likeness (QED) is 0.173. The maximum absolute atomic E-state index is 13.1. The average molecular weight is 575 g/mol. The molecule has 0 N–H and O–H groups in total. The van der Waals surface area contributed by atoms with Gasteiger partial charge in [0.05, 0.1) is 18.0 Å². The zero-order valence-electron chi connectivity index (χ0n) is 20.0. The molecule has 5 rings (SSSR count). The van der Waals surface area contributed by atoms with Gasteiger partial charge in [-0.2, -0.15) is 0 Å². The number of amides is 2. The van der Waals surface area contributed by atoms with E-state index in [2.05, 4.69) is 20.5 Å². The van der Waals surface area contributed by atoms with E-state index in [4.69, 9.17) is 4.74 Å². The second-order valence-electron chi connectivity index (χ2n) is 8.66. The fraction of sp³-hybridized carbons (Fsp3) is 0.138. The van der Waals surface area contributed by atoms with E-state index in [9.17, 15) is 14.4 Å². The van der Waals surface area contributed by atoms with Crippen LogP contribution in [0.25, 0.3) is 17.0 Å². The molecule has 2 heterocycles. The van der Waals surface area contributed by atoms with Crippen molar-refractivity contribution in [2.45, 2.75) is 13.5 Å². The Morgan fingerprint density at radius 3 is 2.54 bits per heavy atom. The van der Waals surface area contributed by atoms with E-state index in [-0.39, 0.29) is 12.3 Å². The lowest BCUT2D eigenvalue weighted by molar-refractivity contribution is -0.122. The molecule has 0 saturated carbocycles. The zero-order valence-corrected chi connectivity index (χ0v) is 22.4. The van der Waals surface area contributed by atoms with E-state index in [1.807, 2.05) is 61.7 Å². The van der Waals surface area contributed by atoms with Gasteiger partial charge in [-0.25, -0.2) is 0 Å². The van der Waals surface area contributed by atoms with E-state index < -0.39 is 11.1 Å². The highest BCUT2D eigenvalue weighted by molar-refractivity contribution is 9.10. The monoisotopic (exact) mass is 574 g/mol. The topological polar surface area (TPSA) is 68.6 Å². The second kappa shape index (κ2) is 10.8. The molecule has 1 fully saturated rings. The minimum atomic E-state index is -0.460. The minimum absolute atomic E-state index is 0.279. The first kappa shape index (κ1) is 25.0. The molecule has 1 aliphatic heterocycles. The van der Waals surface area contributed by atoms with Gasteiger partial charge in [0.1, 0.15) is 12.4 Å². The van der Waals surface area contributed by atoms with Crippen molar-refractivity contribution in [2.75, 3.05) is 13.2 Å². The normalized spacial score (nSPS) is 14.6. The molecular weight excluding hydrogens is 552 g/mol. The molecule has 0 radical (unpaired) electrons. The molecular formula is C29H23BrN2O4S. The van der Waals surface area contributed by atoms with Crippen LogP contribution in [0.1, 0.15) is 21.5 Å². The summed E-state index contributed by atoms with van der Waals surface area (Å²) in [6, 6.07) is 22.5. The summed E-state index contributed by atoms with van der Waals surface area (Å²) in [7, 11) is 0. The summed E-state index contributed by atoms with van der Waals surface area (Å²) < 4.78 is 8.89. The maximum Gasteiger partial charge on any atom is 0.293 e. The summed E-state index contributed by atoms with van der Waals surface area (Å²) in [4.78, 5) is 39.6. The fourth-order valence-electron chi connectivity index (χ4n) is 4.13. The molecule has 3 aromatic carbocycles. The Labute approximate surface area is 227 Å². The number of thioether (sulfide) groups is 1. The summed E-state index contributed by atoms with van der Waals surface area (Å²) in [5.41, 5.74) is 3.44. The Morgan fingerprint density at radius 1 is 1.03 bits per heavy atom. The molecule has 6 nitrogen and oxygen atoms in total. The Bertz CT molecular complexity index is 1530. The first-order valence-corrected chi connectivity index (χ1v) is 13.3. The number of carbonyl (C=O) groups is 3. The van der Waals surface area contributed by atoms with Crippen LogP contribution in [0, 0.1) is 6.92 Å². The van der Waals surface area contributed by atoms with Crippen molar-refractivity contribution in [3.05, 3.63) is 105 Å². The lowest BCUT2D eigenvalue weighted by Gasteiger charge is -2.11. The predicted octanol–water partition coefficient (Wildman–Crippen LogP) is 6.71. The van der Waals surface area contributed by atoms with Gasteiger partial charge in [-0.3, -0.25) is 19.3 Å². The number of ether oxygens (including phenoxy) is 1. The number of imide groups is 1. The van der Waals surface area contributed by atoms with Crippen LogP contribution in [-0.2, 0) is 11.3 Å². The third kappa shape index (κ3) is 5.55. The van der Waals surface area contributed by atoms with Gasteiger partial charge < -0.3 is 9.30 Å². The number of halogens is 1. The fourth-order valence-corrected chi connectivity index (χ4v) is 5.32. The molecule has 2 amide bonds. The number of hydrogen-bond donors (Lipinski definition) is 0. The number of ketones is 1. The number of carbonyl (C=O) groups excluding carboxylic acids is 3. The van der Waals surface area contributed by atoms with Crippen LogP contribution in [0.2, 0.25) is 0 Å². The number of hydrogen-bond acceptors (Lipinski definition) is 5. The van der Waals surface area contributed by atoms with Crippen molar-refractivity contribution in [3.8, 4) is 5.75 Å². The van der Waals surface area contributed by atoms with Crippen molar-refractivity contribution < 1.29 is 19.1 Å². The molecule has 4 aromatic rings. The van der Waals surface area contributed by atoms with Gasteiger partial charge in [-0.1, -0.05) is 64.0 Å². The Hall–Kier alpha value is -3.62. The van der Waals surface area contributed by atoms with Gasteiger partial charge in [0.25, 0.3) is 11.1 Å². The minimum Gasteiger partial charge on any atom is -0.492 e. The third-order valence-corrected chi connectivity index (χ3v) is 7.45. The summed E-state index contributed by atoms with van der Waals surface area (Å²) in [6.07, 6.45) is 3.68. The maximum atomic E-state index is 13.1. The SMILES string of the molecule is Cc1ccc(OCCn2cc(/C=C3\SC(=O)N(CC(=O)c4ccccc4)C3=O)c3cc(Br)ccc32)cc1. The van der Waals surface area contributed by atoms with Crippen LogP contribution in [0.3, 0.4) is 0 Å². The number of benzene rings is 3. The molecule has 0 aliphatic carbocycles. The molecule has 0 spiro atoms. The lowest BCUT2D eigenvalue weighted by Crippen LogP contribution is -2.33. The van der Waals surface area contributed by atoms with Gasteiger partial charge in [-0.05, 0) is 55.1 Å². The van der Waals surface area contributed by atoms with E-state index in [1.54, 1.807) is 30.3 Å². The second-order valence-corrected chi connectivity index (χ2v) is 10.6. The number of rotatable bonds is 8. The number of aryl methyl sites for hydroxylation is 1. The van der Waals surface area contributed by atoms with Crippen LogP contribution < -0.4 is 4.74 Å². The van der Waals surface area contributed by atoms with Crippen molar-refractivity contribution in [2.24, 2.45) is 0 Å². The number of aromatic nitrogens is 1. The molecule has 8 heteroatoms. The van der Waals surface area contributed by atoms with Gasteiger partial charge in [-0.15, -0.1) is 0 Å². The van der Waals surface area contributed by atoms with E-state index >= 15 is 0 Å². The van der Waals surface area contributed by atoms with Crippen LogP contribution in [0.4, 0.5) is 4.79 Å². The van der Waals surface area contributed by atoms with Crippen molar-refractivity contribution in [1.29, 1.82) is 0 Å². The molecule has 0 unspecified atom stereocenters. The van der Waals surface area contributed by atoms with Crippen molar-refractivity contribution in [3.63, 3.8) is 0 Å². The molecule has 0 atom stereocenters. The van der Waals surface area contributed by atoms with E-state index in [0.29, 0.717) is 23.6 Å². The molecule has 1 aromatic heterocycles. The molecule has 186 valence electrons. The number of fused-ring (bicyclic) bond motifs is 1. The van der Waals surface area contributed by atoms with Gasteiger partial charge in [0.15, 0.2) is 5.78 Å². The van der Waals surface area contributed by atoms with Crippen LogP contribution in [0.15, 0.2) is 88.4 Å². The summed E-state index contributed by atoms with van der Waals surface area (Å²) in [5.74, 6) is 0.0693. The van der Waals surface area contributed by atoms with Crippen LogP contribution >= 0.6 is 27.7 Å². The average Bonchev–Trinajstić information content (AvgIpc) is 3.36. The highest BCUT2D eigenvalue weighted by Crippen LogP contribution is 2.35. The highest BCUT2D eigenvalue weighted by Gasteiger charge is 2.36. The Balaban J connectivity index is 1.36. The molecule has 1 saturated heterocycles. The smallest absolute Gasteiger partial charge is 0.293 e. The number of Topliss-reactive ketones (excluding diaryl/α,β-unsaturated/α-hetero) is 1. The predicted molar refractivity (Wildman–Crippen MR) is 150 cm³/mol. The first-order chi connectivity index (χ1) is 17.9. The van der Waals surface area contributed by atoms with Crippen LogP contribution in [0.5, 0.6) is 5.75 Å². The summed E-state index contributed by atoms with van der Waals surface area (Å²) in [5, 5.41) is 0.494. The number of nitrogens with zero attached hydrogens (tertiary/aromatic N) is 2. The third-order valence-electron chi connectivity index (χ3n) is 6.05. The van der Waals surface area contributed by atoms with Crippen molar-refractivity contribution >= 4 is 61.6 Å². The zero-order chi connectivity index (χ0) is 25.9. The molecule has 1 aliphatic rings. The highest BCUT2D eigenvalue weighted by atomic mass is 79.9. The summed E-state index contributed by atoms with van der Waals surface area (Å²) >= 11 is 4.38. The van der Waals surface area contributed by atoms with Gasteiger partial charge in [0.2, 0.25) is 0 Å². The largest absolute Gasteiger partial charge is 0.492 e. The first-order valence-electron chi connectivity index (χ1n) is 11.7. The standard InChI is InChI=1S/C29H23BrN2O4S/c1-19-7-10-23(11-8-19)36-14-13-31-17-21(24-16-22(30)9-12-25(24)31)15-27-28(34)32(29(35)37-27)18-26(33)20-5-3-2-4-6-20/h2-12,15-17H,13-14,18H2,1H3/b27-15-. The van der Waals surface area contributed by atoms with Gasteiger partial charge >= 0.3 is 0 Å². The van der Waals surface area contributed by atoms with E-state index in [0.717, 1.165) is 43.4 Å².